The highest BCUT2D eigenvalue weighted by Crippen LogP contribution is 2.36. The minimum Gasteiger partial charge on any atom is -0.474 e. The molecule has 15 heavy (non-hydrogen) atoms. The van der Waals surface area contributed by atoms with Crippen LogP contribution in [0.25, 0.3) is 0 Å². The standard InChI is InChI=1S/C11H15N3O/c12-8-5-10-11(13-6-8)15-7-9-3-1-2-4-14(9)10/h5-6,9H,1-4,7,12H2. The average Bonchev–Trinajstić information content (AvgIpc) is 2.29. The number of anilines is 2. The van der Waals surface area contributed by atoms with Crippen LogP contribution in [0.15, 0.2) is 12.3 Å². The Kier molecular flexibility index (Phi) is 1.94. The molecule has 2 aliphatic rings. The van der Waals surface area contributed by atoms with Crippen LogP contribution in [0.5, 0.6) is 5.88 Å². The molecule has 1 atom stereocenters. The summed E-state index contributed by atoms with van der Waals surface area (Å²) >= 11 is 0. The van der Waals surface area contributed by atoms with Gasteiger partial charge in [0.1, 0.15) is 12.3 Å². The molecule has 0 spiro atoms. The number of fused-ring (bicyclic) bond motifs is 3. The first-order valence-corrected chi connectivity index (χ1v) is 5.49. The van der Waals surface area contributed by atoms with Gasteiger partial charge in [0.15, 0.2) is 0 Å². The maximum absolute atomic E-state index is 5.76. The lowest BCUT2D eigenvalue weighted by atomic mass is 10.0. The van der Waals surface area contributed by atoms with Crippen LogP contribution in [-0.4, -0.2) is 24.2 Å². The molecule has 1 aromatic rings. The van der Waals surface area contributed by atoms with E-state index in [1.165, 1.54) is 19.3 Å². The molecular weight excluding hydrogens is 190 g/mol. The maximum atomic E-state index is 5.76. The monoisotopic (exact) mass is 205 g/mol. The van der Waals surface area contributed by atoms with Gasteiger partial charge in [-0.05, 0) is 25.3 Å². The number of nitrogen functional groups attached to an aromatic ring is 1. The molecule has 0 amide bonds. The van der Waals surface area contributed by atoms with Crippen molar-refractivity contribution in [1.82, 2.24) is 4.98 Å². The summed E-state index contributed by atoms with van der Waals surface area (Å²) in [6.07, 6.45) is 5.43. The summed E-state index contributed by atoms with van der Waals surface area (Å²) in [5, 5.41) is 0. The van der Waals surface area contributed by atoms with Gasteiger partial charge in [-0.1, -0.05) is 0 Å². The molecule has 3 heterocycles. The van der Waals surface area contributed by atoms with E-state index in [9.17, 15) is 0 Å². The number of hydrogen-bond acceptors (Lipinski definition) is 4. The SMILES string of the molecule is Nc1cnc2c(c1)N1CCCCC1CO2. The van der Waals surface area contributed by atoms with Crippen LogP contribution in [0, 0.1) is 0 Å². The zero-order valence-corrected chi connectivity index (χ0v) is 8.65. The third-order valence-corrected chi connectivity index (χ3v) is 3.20. The molecule has 0 bridgehead atoms. The van der Waals surface area contributed by atoms with Crippen molar-refractivity contribution in [3.05, 3.63) is 12.3 Å². The van der Waals surface area contributed by atoms with E-state index >= 15 is 0 Å². The Morgan fingerprint density at radius 3 is 3.33 bits per heavy atom. The van der Waals surface area contributed by atoms with E-state index in [0.29, 0.717) is 11.7 Å². The van der Waals surface area contributed by atoms with E-state index in [4.69, 9.17) is 10.5 Å². The second-order valence-electron chi connectivity index (χ2n) is 4.25. The van der Waals surface area contributed by atoms with Crippen LogP contribution in [0.3, 0.4) is 0 Å². The first-order valence-electron chi connectivity index (χ1n) is 5.49. The Morgan fingerprint density at radius 2 is 2.40 bits per heavy atom. The first kappa shape index (κ1) is 8.83. The second kappa shape index (κ2) is 3.29. The zero-order valence-electron chi connectivity index (χ0n) is 8.65. The van der Waals surface area contributed by atoms with Crippen molar-refractivity contribution in [2.45, 2.75) is 25.3 Å². The Bertz CT molecular complexity index is 380. The van der Waals surface area contributed by atoms with Crippen LogP contribution < -0.4 is 15.4 Å². The fraction of sp³-hybridized carbons (Fsp3) is 0.545. The van der Waals surface area contributed by atoms with Crippen molar-refractivity contribution >= 4 is 11.4 Å². The van der Waals surface area contributed by atoms with E-state index in [0.717, 1.165) is 24.7 Å². The number of nitrogens with two attached hydrogens (primary N) is 1. The van der Waals surface area contributed by atoms with E-state index in [2.05, 4.69) is 9.88 Å². The Labute approximate surface area is 89.0 Å². The molecule has 0 saturated carbocycles. The van der Waals surface area contributed by atoms with Gasteiger partial charge in [-0.25, -0.2) is 4.98 Å². The second-order valence-corrected chi connectivity index (χ2v) is 4.25. The van der Waals surface area contributed by atoms with Crippen molar-refractivity contribution in [3.8, 4) is 5.88 Å². The highest BCUT2D eigenvalue weighted by molar-refractivity contribution is 5.63. The lowest BCUT2D eigenvalue weighted by molar-refractivity contribution is 0.232. The predicted molar refractivity (Wildman–Crippen MR) is 59.1 cm³/mol. The van der Waals surface area contributed by atoms with Gasteiger partial charge in [0.2, 0.25) is 5.88 Å². The lowest BCUT2D eigenvalue weighted by Crippen LogP contribution is -2.46. The molecule has 0 radical (unpaired) electrons. The fourth-order valence-corrected chi connectivity index (χ4v) is 2.44. The number of aromatic nitrogens is 1. The van der Waals surface area contributed by atoms with Crippen LogP contribution in [0.2, 0.25) is 0 Å². The van der Waals surface area contributed by atoms with Gasteiger partial charge in [0.25, 0.3) is 0 Å². The minimum atomic E-state index is 0.523. The molecule has 2 N–H and O–H groups in total. The summed E-state index contributed by atoms with van der Waals surface area (Å²) in [5.74, 6) is 0.738. The molecule has 1 fully saturated rings. The van der Waals surface area contributed by atoms with E-state index in [1.54, 1.807) is 6.20 Å². The van der Waals surface area contributed by atoms with Gasteiger partial charge in [-0.15, -0.1) is 0 Å². The van der Waals surface area contributed by atoms with Crippen molar-refractivity contribution in [2.24, 2.45) is 0 Å². The average molecular weight is 205 g/mol. The molecule has 1 saturated heterocycles. The summed E-state index contributed by atoms with van der Waals surface area (Å²) < 4.78 is 5.64. The molecular formula is C11H15N3O. The van der Waals surface area contributed by atoms with Crippen molar-refractivity contribution in [1.29, 1.82) is 0 Å². The van der Waals surface area contributed by atoms with Gasteiger partial charge in [0, 0.05) is 6.54 Å². The third-order valence-electron chi connectivity index (χ3n) is 3.20. The number of piperidine rings is 1. The first-order chi connectivity index (χ1) is 7.34. The number of rotatable bonds is 0. The maximum Gasteiger partial charge on any atom is 0.237 e. The van der Waals surface area contributed by atoms with Crippen LogP contribution >= 0.6 is 0 Å². The topological polar surface area (TPSA) is 51.4 Å². The van der Waals surface area contributed by atoms with E-state index in [-0.39, 0.29) is 0 Å². The summed E-state index contributed by atoms with van der Waals surface area (Å²) in [7, 11) is 0. The number of pyridine rings is 1. The minimum absolute atomic E-state index is 0.523. The molecule has 4 nitrogen and oxygen atoms in total. The summed E-state index contributed by atoms with van der Waals surface area (Å²) in [6, 6.07) is 2.50. The van der Waals surface area contributed by atoms with Crippen molar-refractivity contribution in [2.75, 3.05) is 23.8 Å². The van der Waals surface area contributed by atoms with Gasteiger partial charge >= 0.3 is 0 Å². The van der Waals surface area contributed by atoms with E-state index < -0.39 is 0 Å². The molecule has 4 heteroatoms. The predicted octanol–water partition coefficient (Wildman–Crippen LogP) is 1.42. The van der Waals surface area contributed by atoms with Gasteiger partial charge < -0.3 is 15.4 Å². The Morgan fingerprint density at radius 1 is 1.47 bits per heavy atom. The van der Waals surface area contributed by atoms with Crippen LogP contribution in [-0.2, 0) is 0 Å². The third kappa shape index (κ3) is 1.40. The molecule has 1 unspecified atom stereocenters. The molecule has 3 rings (SSSR count). The molecule has 0 aliphatic carbocycles. The Hall–Kier alpha value is -1.45. The number of nitrogens with zero attached hydrogens (tertiary/aromatic N) is 2. The Balaban J connectivity index is 2.01. The highest BCUT2D eigenvalue weighted by atomic mass is 16.5. The zero-order chi connectivity index (χ0) is 10.3. The molecule has 80 valence electrons. The summed E-state index contributed by atoms with van der Waals surface area (Å²) in [5.41, 5.74) is 7.55. The normalized spacial score (nSPS) is 24.0. The largest absolute Gasteiger partial charge is 0.474 e. The molecule has 2 aliphatic heterocycles. The van der Waals surface area contributed by atoms with Crippen LogP contribution in [0.4, 0.5) is 11.4 Å². The highest BCUT2D eigenvalue weighted by Gasteiger charge is 2.30. The fourth-order valence-electron chi connectivity index (χ4n) is 2.44. The quantitative estimate of drug-likeness (QED) is 0.696. The van der Waals surface area contributed by atoms with Gasteiger partial charge in [0.05, 0.1) is 17.9 Å². The smallest absolute Gasteiger partial charge is 0.237 e. The number of hydrogen-bond donors (Lipinski definition) is 1. The summed E-state index contributed by atoms with van der Waals surface area (Å²) in [4.78, 5) is 6.62. The van der Waals surface area contributed by atoms with Crippen molar-refractivity contribution in [3.63, 3.8) is 0 Å². The van der Waals surface area contributed by atoms with Crippen LogP contribution in [0.1, 0.15) is 19.3 Å². The molecule has 0 aromatic carbocycles. The number of ether oxygens (including phenoxy) is 1. The lowest BCUT2D eigenvalue weighted by Gasteiger charge is -2.41. The summed E-state index contributed by atoms with van der Waals surface area (Å²) in [6.45, 7) is 1.87. The van der Waals surface area contributed by atoms with Crippen molar-refractivity contribution < 1.29 is 4.74 Å². The molecule has 1 aromatic heterocycles. The van der Waals surface area contributed by atoms with Gasteiger partial charge in [-0.3, -0.25) is 0 Å². The van der Waals surface area contributed by atoms with E-state index in [1.807, 2.05) is 6.07 Å². The van der Waals surface area contributed by atoms with Gasteiger partial charge in [-0.2, -0.15) is 0 Å².